The van der Waals surface area contributed by atoms with Crippen molar-refractivity contribution in [2.24, 2.45) is 5.41 Å². The molecule has 0 radical (unpaired) electrons. The van der Waals surface area contributed by atoms with Gasteiger partial charge in [0.25, 0.3) is 0 Å². The maximum Gasteiger partial charge on any atom is 0.229 e. The summed E-state index contributed by atoms with van der Waals surface area (Å²) in [7, 11) is -1.23. The summed E-state index contributed by atoms with van der Waals surface area (Å²) >= 11 is 0. The van der Waals surface area contributed by atoms with E-state index >= 15 is 0 Å². The fraction of sp³-hybridized carbons (Fsp3) is 0.545. The van der Waals surface area contributed by atoms with Crippen molar-refractivity contribution in [3.05, 3.63) is 30.5 Å². The van der Waals surface area contributed by atoms with Crippen LogP contribution in [0.5, 0.6) is 0 Å². The van der Waals surface area contributed by atoms with Gasteiger partial charge < -0.3 is 15.1 Å². The van der Waals surface area contributed by atoms with Crippen molar-refractivity contribution in [2.75, 3.05) is 46.2 Å². The zero-order chi connectivity index (χ0) is 22.2. The molecule has 8 nitrogen and oxygen atoms in total. The molecule has 2 heterocycles. The minimum atomic E-state index is -3.34. The Kier molecular flexibility index (Phi) is 5.72. The number of anilines is 5. The van der Waals surface area contributed by atoms with Crippen LogP contribution in [0.3, 0.4) is 0 Å². The monoisotopic (exact) mass is 444 g/mol. The minimum Gasteiger partial charge on any atom is -0.370 e. The molecule has 1 aromatic heterocycles. The Labute approximate surface area is 185 Å². The molecule has 1 aromatic carbocycles. The van der Waals surface area contributed by atoms with Crippen LogP contribution in [-0.2, 0) is 10.0 Å². The third kappa shape index (κ3) is 5.20. The number of rotatable bonds is 5. The van der Waals surface area contributed by atoms with E-state index in [9.17, 15) is 8.42 Å². The van der Waals surface area contributed by atoms with Crippen molar-refractivity contribution < 1.29 is 8.42 Å². The van der Waals surface area contributed by atoms with Crippen LogP contribution in [-0.4, -0.2) is 50.8 Å². The third-order valence-electron chi connectivity index (χ3n) is 5.88. The Bertz CT molecular complexity index is 1050. The Balaban J connectivity index is 1.66. The topological polar surface area (TPSA) is 90.5 Å². The standard InChI is InChI=1S/C22H32N6O2S/c1-22(2)14-27(3)19-13-23-21(25-20(19)28(15-22)18-10-5-6-11-18)24-16-8-7-9-17(12-16)26-31(4,29)30/h7-9,12-13,18,26H,5-6,10-11,14-15H2,1-4H3,(H,23,24,25). The van der Waals surface area contributed by atoms with Gasteiger partial charge in [-0.1, -0.05) is 32.8 Å². The van der Waals surface area contributed by atoms with E-state index in [1.807, 2.05) is 12.3 Å². The van der Waals surface area contributed by atoms with Crippen molar-refractivity contribution in [3.63, 3.8) is 0 Å². The summed E-state index contributed by atoms with van der Waals surface area (Å²) in [5.41, 5.74) is 2.41. The number of nitrogens with one attached hydrogen (secondary N) is 2. The molecular formula is C22H32N6O2S. The fourth-order valence-electron chi connectivity index (χ4n) is 4.74. The molecule has 2 aliphatic rings. The number of nitrogens with zero attached hydrogens (tertiary/aromatic N) is 4. The van der Waals surface area contributed by atoms with E-state index in [4.69, 9.17) is 4.98 Å². The highest BCUT2D eigenvalue weighted by Gasteiger charge is 2.35. The zero-order valence-electron chi connectivity index (χ0n) is 18.7. The van der Waals surface area contributed by atoms with Crippen LogP contribution >= 0.6 is 0 Å². The Morgan fingerprint density at radius 1 is 1.13 bits per heavy atom. The van der Waals surface area contributed by atoms with E-state index in [0.29, 0.717) is 17.7 Å². The first kappa shape index (κ1) is 21.7. The second kappa shape index (κ2) is 8.18. The van der Waals surface area contributed by atoms with E-state index < -0.39 is 10.0 Å². The second-order valence-corrected chi connectivity index (χ2v) is 11.3. The molecular weight excluding hydrogens is 412 g/mol. The SMILES string of the molecule is CN1CC(C)(C)CN(C2CCCC2)c2nc(Nc3cccc(NS(C)(=O)=O)c3)ncc21. The van der Waals surface area contributed by atoms with Gasteiger partial charge in [-0.05, 0) is 36.5 Å². The lowest BCUT2D eigenvalue weighted by Crippen LogP contribution is -2.42. The molecule has 0 unspecified atom stereocenters. The molecule has 0 amide bonds. The lowest BCUT2D eigenvalue weighted by atomic mass is 9.92. The lowest BCUT2D eigenvalue weighted by molar-refractivity contribution is 0.363. The fourth-order valence-corrected chi connectivity index (χ4v) is 5.30. The molecule has 0 spiro atoms. The average Bonchev–Trinajstić information content (AvgIpc) is 3.16. The van der Waals surface area contributed by atoms with Crippen LogP contribution in [0, 0.1) is 5.41 Å². The highest BCUT2D eigenvalue weighted by Crippen LogP contribution is 2.39. The number of sulfonamides is 1. The van der Waals surface area contributed by atoms with Gasteiger partial charge in [-0.25, -0.2) is 13.4 Å². The van der Waals surface area contributed by atoms with Gasteiger partial charge >= 0.3 is 0 Å². The van der Waals surface area contributed by atoms with Crippen LogP contribution in [0.4, 0.5) is 28.8 Å². The molecule has 4 rings (SSSR count). The summed E-state index contributed by atoms with van der Waals surface area (Å²) in [6, 6.07) is 7.62. The number of hydrogen-bond acceptors (Lipinski definition) is 7. The van der Waals surface area contributed by atoms with Crippen molar-refractivity contribution >= 4 is 38.9 Å². The Morgan fingerprint density at radius 3 is 2.55 bits per heavy atom. The molecule has 2 N–H and O–H groups in total. The van der Waals surface area contributed by atoms with Gasteiger partial charge in [0, 0.05) is 31.9 Å². The molecule has 1 saturated carbocycles. The highest BCUT2D eigenvalue weighted by molar-refractivity contribution is 7.92. The Morgan fingerprint density at radius 2 is 1.84 bits per heavy atom. The summed E-state index contributed by atoms with van der Waals surface area (Å²) in [5, 5.41) is 3.25. The first-order valence-electron chi connectivity index (χ1n) is 10.8. The number of fused-ring (bicyclic) bond motifs is 1. The molecule has 0 bridgehead atoms. The van der Waals surface area contributed by atoms with Gasteiger partial charge in [0.1, 0.15) is 0 Å². The van der Waals surface area contributed by atoms with Gasteiger partial charge in [0.2, 0.25) is 16.0 Å². The number of hydrogen-bond donors (Lipinski definition) is 2. The zero-order valence-corrected chi connectivity index (χ0v) is 19.5. The summed E-state index contributed by atoms with van der Waals surface area (Å²) in [6.45, 7) is 6.52. The number of benzene rings is 1. The molecule has 0 atom stereocenters. The van der Waals surface area contributed by atoms with E-state index in [0.717, 1.165) is 36.5 Å². The minimum absolute atomic E-state index is 0.136. The average molecular weight is 445 g/mol. The summed E-state index contributed by atoms with van der Waals surface area (Å²) in [5.74, 6) is 1.48. The second-order valence-electron chi connectivity index (χ2n) is 9.57. The maximum absolute atomic E-state index is 11.5. The maximum atomic E-state index is 11.5. The van der Waals surface area contributed by atoms with Gasteiger partial charge in [0.05, 0.1) is 23.8 Å². The van der Waals surface area contributed by atoms with Crippen molar-refractivity contribution in [2.45, 2.75) is 45.6 Å². The Hall–Kier alpha value is -2.55. The molecule has 2 aromatic rings. The molecule has 1 fully saturated rings. The summed E-state index contributed by atoms with van der Waals surface area (Å²) in [6.07, 6.45) is 7.97. The van der Waals surface area contributed by atoms with Gasteiger partial charge in [0.15, 0.2) is 5.82 Å². The third-order valence-corrected chi connectivity index (χ3v) is 6.49. The van der Waals surface area contributed by atoms with Crippen LogP contribution in [0.15, 0.2) is 30.5 Å². The highest BCUT2D eigenvalue weighted by atomic mass is 32.2. The molecule has 0 saturated heterocycles. The predicted molar refractivity (Wildman–Crippen MR) is 127 cm³/mol. The number of aromatic nitrogens is 2. The molecule has 1 aliphatic carbocycles. The normalized spacial score (nSPS) is 19.1. The smallest absolute Gasteiger partial charge is 0.229 e. The van der Waals surface area contributed by atoms with Gasteiger partial charge in [-0.2, -0.15) is 4.98 Å². The lowest BCUT2D eigenvalue weighted by Gasteiger charge is -2.35. The van der Waals surface area contributed by atoms with Crippen molar-refractivity contribution in [1.82, 2.24) is 9.97 Å². The van der Waals surface area contributed by atoms with E-state index in [-0.39, 0.29) is 5.41 Å². The molecule has 9 heteroatoms. The largest absolute Gasteiger partial charge is 0.370 e. The van der Waals surface area contributed by atoms with E-state index in [1.54, 1.807) is 18.2 Å². The van der Waals surface area contributed by atoms with Crippen LogP contribution in [0.25, 0.3) is 0 Å². The molecule has 168 valence electrons. The molecule has 31 heavy (non-hydrogen) atoms. The summed E-state index contributed by atoms with van der Waals surface area (Å²) in [4.78, 5) is 14.2. The van der Waals surface area contributed by atoms with Crippen LogP contribution in [0.1, 0.15) is 39.5 Å². The van der Waals surface area contributed by atoms with Crippen LogP contribution in [0.2, 0.25) is 0 Å². The van der Waals surface area contributed by atoms with E-state index in [2.05, 4.69) is 45.7 Å². The van der Waals surface area contributed by atoms with Crippen molar-refractivity contribution in [1.29, 1.82) is 0 Å². The van der Waals surface area contributed by atoms with Crippen molar-refractivity contribution in [3.8, 4) is 0 Å². The summed E-state index contributed by atoms with van der Waals surface area (Å²) < 4.78 is 25.6. The first-order chi connectivity index (χ1) is 14.6. The van der Waals surface area contributed by atoms with Crippen LogP contribution < -0.4 is 19.8 Å². The van der Waals surface area contributed by atoms with Gasteiger partial charge in [-0.3, -0.25) is 4.72 Å². The van der Waals surface area contributed by atoms with E-state index in [1.165, 1.54) is 25.7 Å². The quantitative estimate of drug-likeness (QED) is 0.724. The predicted octanol–water partition coefficient (Wildman–Crippen LogP) is 3.82. The first-order valence-corrected chi connectivity index (χ1v) is 12.7. The van der Waals surface area contributed by atoms with Gasteiger partial charge in [-0.15, -0.1) is 0 Å². The molecule has 1 aliphatic heterocycles.